The molecule has 0 aliphatic rings. The largest absolute Gasteiger partial charge is 0.0892 e. The Morgan fingerprint density at radius 2 is 1.58 bits per heavy atom. The van der Waals surface area contributed by atoms with Crippen molar-refractivity contribution in [1.82, 2.24) is 0 Å². The minimum Gasteiger partial charge on any atom is -0.0892 e. The third kappa shape index (κ3) is 2.26. The predicted molar refractivity (Wildman–Crippen MR) is 55.6 cm³/mol. The molecular weight excluding hydrogens is 191 g/mol. The van der Waals surface area contributed by atoms with Crippen LogP contribution >= 0.6 is 23.2 Å². The van der Waals surface area contributed by atoms with E-state index < -0.39 is 0 Å². The molecule has 0 bridgehead atoms. The first-order valence-corrected chi connectivity index (χ1v) is 4.46. The third-order valence-electron chi connectivity index (χ3n) is 1.79. The van der Waals surface area contributed by atoms with E-state index in [2.05, 4.69) is 0 Å². The fourth-order valence-corrected chi connectivity index (χ4v) is 1.13. The van der Waals surface area contributed by atoms with Crippen LogP contribution in [-0.4, -0.2) is 0 Å². The van der Waals surface area contributed by atoms with Crippen LogP contribution in [0.2, 0.25) is 5.02 Å². The molecule has 64 valence electrons. The van der Waals surface area contributed by atoms with Crippen LogP contribution in [0.25, 0.3) is 5.57 Å². The van der Waals surface area contributed by atoms with Gasteiger partial charge in [0, 0.05) is 10.1 Å². The first-order chi connectivity index (χ1) is 5.61. The van der Waals surface area contributed by atoms with Gasteiger partial charge in [-0.3, -0.25) is 0 Å². The van der Waals surface area contributed by atoms with Gasteiger partial charge in [-0.25, -0.2) is 0 Å². The van der Waals surface area contributed by atoms with Crippen LogP contribution in [0.4, 0.5) is 0 Å². The summed E-state index contributed by atoms with van der Waals surface area (Å²) in [5.74, 6) is 0. The van der Waals surface area contributed by atoms with Gasteiger partial charge in [-0.05, 0) is 37.1 Å². The highest BCUT2D eigenvalue weighted by Crippen LogP contribution is 2.21. The zero-order valence-electron chi connectivity index (χ0n) is 7.07. The van der Waals surface area contributed by atoms with E-state index in [0.29, 0.717) is 0 Å². The van der Waals surface area contributed by atoms with E-state index in [1.54, 1.807) is 0 Å². The normalized spacial score (nSPS) is 12.7. The topological polar surface area (TPSA) is 0 Å². The number of hydrogen-bond donors (Lipinski definition) is 0. The maximum atomic E-state index is 5.85. The Morgan fingerprint density at radius 3 is 2.00 bits per heavy atom. The second kappa shape index (κ2) is 3.97. The molecule has 1 rings (SSSR count). The molecular formula is C10H10Cl2. The van der Waals surface area contributed by atoms with Crippen molar-refractivity contribution in [3.05, 3.63) is 39.9 Å². The molecule has 0 amide bonds. The fraction of sp³-hybridized carbons (Fsp3) is 0.200. The molecule has 1 aromatic rings. The first kappa shape index (κ1) is 9.63. The molecule has 0 saturated carbocycles. The van der Waals surface area contributed by atoms with Crippen molar-refractivity contribution < 1.29 is 0 Å². The Labute approximate surface area is 82.8 Å². The van der Waals surface area contributed by atoms with E-state index in [4.69, 9.17) is 23.2 Å². The van der Waals surface area contributed by atoms with Gasteiger partial charge in [0.2, 0.25) is 0 Å². The highest BCUT2D eigenvalue weighted by molar-refractivity contribution is 6.32. The van der Waals surface area contributed by atoms with Gasteiger partial charge < -0.3 is 0 Å². The lowest BCUT2D eigenvalue weighted by Crippen LogP contribution is -1.79. The molecule has 0 radical (unpaired) electrons. The van der Waals surface area contributed by atoms with Gasteiger partial charge in [0.1, 0.15) is 0 Å². The van der Waals surface area contributed by atoms with Gasteiger partial charge in [0.25, 0.3) is 0 Å². The Hall–Kier alpha value is -0.460. The predicted octanol–water partition coefficient (Wildman–Crippen LogP) is 4.33. The summed E-state index contributed by atoms with van der Waals surface area (Å²) in [6.45, 7) is 3.87. The van der Waals surface area contributed by atoms with Crippen LogP contribution in [0.15, 0.2) is 29.3 Å². The lowest BCUT2D eigenvalue weighted by atomic mass is 10.1. The van der Waals surface area contributed by atoms with Crippen molar-refractivity contribution in [2.45, 2.75) is 13.8 Å². The van der Waals surface area contributed by atoms with E-state index in [9.17, 15) is 0 Å². The van der Waals surface area contributed by atoms with Gasteiger partial charge in [0.05, 0.1) is 0 Å². The number of allylic oxidation sites excluding steroid dienone is 2. The molecule has 0 nitrogen and oxygen atoms in total. The Bertz CT molecular complexity index is 292. The number of hydrogen-bond acceptors (Lipinski definition) is 0. The van der Waals surface area contributed by atoms with Crippen molar-refractivity contribution in [2.75, 3.05) is 0 Å². The number of rotatable bonds is 1. The van der Waals surface area contributed by atoms with Crippen LogP contribution in [-0.2, 0) is 0 Å². The second-order valence-electron chi connectivity index (χ2n) is 2.67. The summed E-state index contributed by atoms with van der Waals surface area (Å²) in [6, 6.07) is 7.65. The molecule has 0 aliphatic heterocycles. The molecule has 0 N–H and O–H groups in total. The van der Waals surface area contributed by atoms with Gasteiger partial charge in [-0.2, -0.15) is 0 Å². The summed E-state index contributed by atoms with van der Waals surface area (Å²) >= 11 is 11.6. The van der Waals surface area contributed by atoms with E-state index in [-0.39, 0.29) is 0 Å². The molecule has 0 fully saturated rings. The molecule has 1 aromatic carbocycles. The summed E-state index contributed by atoms with van der Waals surface area (Å²) in [4.78, 5) is 0. The van der Waals surface area contributed by atoms with Gasteiger partial charge in [-0.1, -0.05) is 35.3 Å². The summed E-state index contributed by atoms with van der Waals surface area (Å²) in [7, 11) is 0. The lowest BCUT2D eigenvalue weighted by molar-refractivity contribution is 1.52. The molecule has 12 heavy (non-hydrogen) atoms. The summed E-state index contributed by atoms with van der Waals surface area (Å²) in [6.07, 6.45) is 0. The molecule has 0 unspecified atom stereocenters. The van der Waals surface area contributed by atoms with Crippen molar-refractivity contribution >= 4 is 28.8 Å². The molecule has 0 spiro atoms. The summed E-state index contributed by atoms with van der Waals surface area (Å²) < 4.78 is 0. The zero-order valence-corrected chi connectivity index (χ0v) is 8.58. The van der Waals surface area contributed by atoms with Crippen molar-refractivity contribution in [3.8, 4) is 0 Å². The Kier molecular flexibility index (Phi) is 3.19. The van der Waals surface area contributed by atoms with Crippen LogP contribution in [0.3, 0.4) is 0 Å². The van der Waals surface area contributed by atoms with E-state index in [1.807, 2.05) is 38.1 Å². The molecule has 0 atom stereocenters. The summed E-state index contributed by atoms with van der Waals surface area (Å²) in [5.41, 5.74) is 2.21. The molecule has 0 aromatic heterocycles. The average Bonchev–Trinajstić information content (AvgIpc) is 2.04. The van der Waals surface area contributed by atoms with Crippen LogP contribution < -0.4 is 0 Å². The quantitative estimate of drug-likeness (QED) is 0.634. The highest BCUT2D eigenvalue weighted by Gasteiger charge is 1.97. The second-order valence-corrected chi connectivity index (χ2v) is 3.67. The van der Waals surface area contributed by atoms with E-state index in [0.717, 1.165) is 21.2 Å². The third-order valence-corrected chi connectivity index (χ3v) is 2.33. The average molecular weight is 201 g/mol. The number of benzene rings is 1. The van der Waals surface area contributed by atoms with Gasteiger partial charge >= 0.3 is 0 Å². The van der Waals surface area contributed by atoms with Crippen LogP contribution in [0.1, 0.15) is 19.4 Å². The van der Waals surface area contributed by atoms with Crippen molar-refractivity contribution in [1.29, 1.82) is 0 Å². The maximum absolute atomic E-state index is 5.85. The molecule has 0 saturated heterocycles. The zero-order chi connectivity index (χ0) is 9.14. The van der Waals surface area contributed by atoms with Crippen molar-refractivity contribution in [3.63, 3.8) is 0 Å². The molecule has 0 aliphatic carbocycles. The first-order valence-electron chi connectivity index (χ1n) is 3.70. The van der Waals surface area contributed by atoms with Crippen LogP contribution in [0, 0.1) is 0 Å². The fourth-order valence-electron chi connectivity index (χ4n) is 0.899. The summed E-state index contributed by atoms with van der Waals surface area (Å²) in [5, 5.41) is 1.57. The number of halogens is 2. The van der Waals surface area contributed by atoms with Gasteiger partial charge in [-0.15, -0.1) is 0 Å². The maximum Gasteiger partial charge on any atom is 0.0406 e. The Balaban J connectivity index is 3.06. The van der Waals surface area contributed by atoms with Crippen LogP contribution in [0.5, 0.6) is 0 Å². The van der Waals surface area contributed by atoms with Gasteiger partial charge in [0.15, 0.2) is 0 Å². The Morgan fingerprint density at radius 1 is 1.08 bits per heavy atom. The standard InChI is InChI=1S/C10H10Cl2/c1-7(8(2)11)9-3-5-10(12)6-4-9/h3-6H,1-2H3/b8-7-. The molecule has 0 heterocycles. The lowest BCUT2D eigenvalue weighted by Gasteiger charge is -2.01. The minimum atomic E-state index is 0.749. The van der Waals surface area contributed by atoms with E-state index >= 15 is 0 Å². The van der Waals surface area contributed by atoms with Crippen molar-refractivity contribution in [2.24, 2.45) is 0 Å². The minimum absolute atomic E-state index is 0.749. The monoisotopic (exact) mass is 200 g/mol. The SMILES string of the molecule is C/C(Cl)=C(\C)c1ccc(Cl)cc1. The van der Waals surface area contributed by atoms with E-state index in [1.165, 1.54) is 0 Å². The smallest absolute Gasteiger partial charge is 0.0406 e. The highest BCUT2D eigenvalue weighted by atomic mass is 35.5. The molecule has 2 heteroatoms.